The number of nitrogens with one attached hydrogen (secondary N) is 1. The minimum absolute atomic E-state index is 0.159. The van der Waals surface area contributed by atoms with E-state index in [1.807, 2.05) is 11.0 Å². The second-order valence-electron chi connectivity index (χ2n) is 8.12. The first-order valence-corrected chi connectivity index (χ1v) is 10.0. The summed E-state index contributed by atoms with van der Waals surface area (Å²) in [6.45, 7) is 3.82. The van der Waals surface area contributed by atoms with E-state index in [2.05, 4.69) is 5.32 Å². The van der Waals surface area contributed by atoms with Gasteiger partial charge in [-0.2, -0.15) is 0 Å². The predicted molar refractivity (Wildman–Crippen MR) is 98.5 cm³/mol. The summed E-state index contributed by atoms with van der Waals surface area (Å²) in [5, 5.41) is 3.66. The maximum atomic E-state index is 13.8. The van der Waals surface area contributed by atoms with E-state index in [4.69, 9.17) is 4.74 Å². The van der Waals surface area contributed by atoms with Crippen molar-refractivity contribution in [1.82, 2.24) is 10.2 Å². The summed E-state index contributed by atoms with van der Waals surface area (Å²) in [6, 6.07) is 7.12. The highest BCUT2D eigenvalue weighted by Crippen LogP contribution is 2.38. The number of ether oxygens (including phenoxy) is 1. The monoisotopic (exact) mass is 360 g/mol. The zero-order valence-electron chi connectivity index (χ0n) is 15.4. The standard InChI is InChI=1S/C21H29FN2O2/c22-18-3-1-2-17(14-18)21(8-12-26-13-9-21)20(25)24-10-6-19(7-11-24)23-15-16-4-5-16/h1-3,14,16,19,23H,4-13,15H2. The Morgan fingerprint density at radius 1 is 1.19 bits per heavy atom. The summed E-state index contributed by atoms with van der Waals surface area (Å²) in [7, 11) is 0. The van der Waals surface area contributed by atoms with E-state index >= 15 is 0 Å². The molecule has 4 rings (SSSR count). The highest BCUT2D eigenvalue weighted by molar-refractivity contribution is 5.88. The van der Waals surface area contributed by atoms with E-state index < -0.39 is 5.41 Å². The zero-order chi connectivity index (χ0) is 18.0. The first-order chi connectivity index (χ1) is 12.7. The van der Waals surface area contributed by atoms with E-state index in [-0.39, 0.29) is 11.7 Å². The van der Waals surface area contributed by atoms with E-state index in [0.717, 1.165) is 44.0 Å². The summed E-state index contributed by atoms with van der Waals surface area (Å²) in [4.78, 5) is 15.5. The summed E-state index contributed by atoms with van der Waals surface area (Å²) >= 11 is 0. The molecule has 0 bridgehead atoms. The summed E-state index contributed by atoms with van der Waals surface area (Å²) in [5.41, 5.74) is 0.175. The van der Waals surface area contributed by atoms with Gasteiger partial charge in [0.05, 0.1) is 5.41 Å². The van der Waals surface area contributed by atoms with Crippen molar-refractivity contribution < 1.29 is 13.9 Å². The van der Waals surface area contributed by atoms with Crippen LogP contribution in [0.25, 0.3) is 0 Å². The molecule has 142 valence electrons. The quantitative estimate of drug-likeness (QED) is 0.878. The van der Waals surface area contributed by atoms with Crippen LogP contribution in [0.2, 0.25) is 0 Å². The Balaban J connectivity index is 1.45. The van der Waals surface area contributed by atoms with Crippen LogP contribution >= 0.6 is 0 Å². The Bertz CT molecular complexity index is 633. The van der Waals surface area contributed by atoms with Crippen molar-refractivity contribution in [3.05, 3.63) is 35.6 Å². The molecule has 26 heavy (non-hydrogen) atoms. The number of rotatable bonds is 5. The number of nitrogens with zero attached hydrogens (tertiary/aromatic N) is 1. The zero-order valence-corrected chi connectivity index (χ0v) is 15.4. The molecule has 2 heterocycles. The fourth-order valence-corrected chi connectivity index (χ4v) is 4.38. The number of carbonyl (C=O) groups excluding carboxylic acids is 1. The van der Waals surface area contributed by atoms with Crippen molar-refractivity contribution in [2.75, 3.05) is 32.8 Å². The fraction of sp³-hybridized carbons (Fsp3) is 0.667. The number of hydrogen-bond acceptors (Lipinski definition) is 3. The third kappa shape index (κ3) is 3.79. The lowest BCUT2D eigenvalue weighted by Gasteiger charge is -2.42. The number of halogens is 1. The average molecular weight is 360 g/mol. The van der Waals surface area contributed by atoms with Crippen molar-refractivity contribution in [2.45, 2.75) is 50.0 Å². The van der Waals surface area contributed by atoms with Crippen LogP contribution in [0.3, 0.4) is 0 Å². The van der Waals surface area contributed by atoms with Crippen molar-refractivity contribution in [1.29, 1.82) is 0 Å². The Morgan fingerprint density at radius 2 is 1.92 bits per heavy atom. The molecule has 2 aliphatic heterocycles. The summed E-state index contributed by atoms with van der Waals surface area (Å²) in [6.07, 6.45) is 6.01. The fourth-order valence-electron chi connectivity index (χ4n) is 4.38. The van der Waals surface area contributed by atoms with Crippen molar-refractivity contribution >= 4 is 5.91 Å². The second-order valence-corrected chi connectivity index (χ2v) is 8.12. The molecule has 2 saturated heterocycles. The Hall–Kier alpha value is -1.46. The van der Waals surface area contributed by atoms with Gasteiger partial charge in [0.15, 0.2) is 0 Å². The van der Waals surface area contributed by atoms with Crippen molar-refractivity contribution in [2.24, 2.45) is 5.92 Å². The first-order valence-electron chi connectivity index (χ1n) is 10.0. The third-order valence-corrected chi connectivity index (χ3v) is 6.31. The summed E-state index contributed by atoms with van der Waals surface area (Å²) in [5.74, 6) is 0.768. The van der Waals surface area contributed by atoms with E-state index in [9.17, 15) is 9.18 Å². The second kappa shape index (κ2) is 7.65. The number of piperidine rings is 1. The first kappa shape index (κ1) is 17.9. The van der Waals surface area contributed by atoms with Crippen LogP contribution < -0.4 is 5.32 Å². The molecule has 5 heteroatoms. The maximum Gasteiger partial charge on any atom is 0.233 e. The van der Waals surface area contributed by atoms with Gasteiger partial charge in [0.2, 0.25) is 5.91 Å². The molecule has 1 N–H and O–H groups in total. The molecule has 0 aromatic heterocycles. The highest BCUT2D eigenvalue weighted by Gasteiger charge is 2.44. The van der Waals surface area contributed by atoms with Crippen LogP contribution in [-0.2, 0) is 14.9 Å². The molecular weight excluding hydrogens is 331 g/mol. The largest absolute Gasteiger partial charge is 0.381 e. The minimum Gasteiger partial charge on any atom is -0.381 e. The molecule has 1 saturated carbocycles. The molecule has 0 unspecified atom stereocenters. The number of amides is 1. The van der Waals surface area contributed by atoms with Gasteiger partial charge in [-0.05, 0) is 68.7 Å². The van der Waals surface area contributed by atoms with Gasteiger partial charge in [0.1, 0.15) is 5.82 Å². The van der Waals surface area contributed by atoms with Gasteiger partial charge < -0.3 is 15.0 Å². The van der Waals surface area contributed by atoms with Crippen LogP contribution in [-0.4, -0.2) is 49.7 Å². The van der Waals surface area contributed by atoms with E-state index in [1.54, 1.807) is 6.07 Å². The van der Waals surface area contributed by atoms with Gasteiger partial charge in [0.25, 0.3) is 0 Å². The third-order valence-electron chi connectivity index (χ3n) is 6.31. The topological polar surface area (TPSA) is 41.6 Å². The molecular formula is C21H29FN2O2. The van der Waals surface area contributed by atoms with Gasteiger partial charge in [-0.3, -0.25) is 4.79 Å². The van der Waals surface area contributed by atoms with Crippen LogP contribution in [0.1, 0.15) is 44.1 Å². The molecule has 3 aliphatic rings. The van der Waals surface area contributed by atoms with Crippen molar-refractivity contribution in [3.8, 4) is 0 Å². The normalized spacial score (nSPS) is 23.8. The van der Waals surface area contributed by atoms with Gasteiger partial charge >= 0.3 is 0 Å². The molecule has 1 aliphatic carbocycles. The van der Waals surface area contributed by atoms with Crippen LogP contribution in [0.5, 0.6) is 0 Å². The molecule has 3 fully saturated rings. The molecule has 0 spiro atoms. The molecule has 0 radical (unpaired) electrons. The van der Waals surface area contributed by atoms with Gasteiger partial charge in [0, 0.05) is 32.3 Å². The molecule has 1 aromatic rings. The highest BCUT2D eigenvalue weighted by atomic mass is 19.1. The molecule has 0 atom stereocenters. The van der Waals surface area contributed by atoms with Crippen LogP contribution in [0, 0.1) is 11.7 Å². The Kier molecular flexibility index (Phi) is 5.28. The van der Waals surface area contributed by atoms with Gasteiger partial charge in [-0.15, -0.1) is 0 Å². The lowest BCUT2D eigenvalue weighted by atomic mass is 9.72. The van der Waals surface area contributed by atoms with Gasteiger partial charge in [-0.25, -0.2) is 4.39 Å². The minimum atomic E-state index is -0.630. The Morgan fingerprint density at radius 3 is 2.58 bits per heavy atom. The Labute approximate surface area is 155 Å². The lowest BCUT2D eigenvalue weighted by molar-refractivity contribution is -0.142. The van der Waals surface area contributed by atoms with Crippen molar-refractivity contribution in [3.63, 3.8) is 0 Å². The molecule has 4 nitrogen and oxygen atoms in total. The number of likely N-dealkylation sites (tertiary alicyclic amines) is 1. The van der Waals surface area contributed by atoms with Crippen LogP contribution in [0.15, 0.2) is 24.3 Å². The summed E-state index contributed by atoms with van der Waals surface area (Å²) < 4.78 is 19.4. The molecule has 1 aromatic carbocycles. The SMILES string of the molecule is O=C(N1CCC(NCC2CC2)CC1)C1(c2cccc(F)c2)CCOCC1. The molecule has 1 amide bonds. The van der Waals surface area contributed by atoms with Crippen LogP contribution in [0.4, 0.5) is 4.39 Å². The average Bonchev–Trinajstić information content (AvgIpc) is 3.51. The number of carbonyl (C=O) groups is 1. The number of benzene rings is 1. The van der Waals surface area contributed by atoms with E-state index in [0.29, 0.717) is 32.1 Å². The number of hydrogen-bond donors (Lipinski definition) is 1. The maximum absolute atomic E-state index is 13.8. The smallest absolute Gasteiger partial charge is 0.233 e. The van der Waals surface area contributed by atoms with Gasteiger partial charge in [-0.1, -0.05) is 12.1 Å². The lowest BCUT2D eigenvalue weighted by Crippen LogP contribution is -2.53. The van der Waals surface area contributed by atoms with E-state index in [1.165, 1.54) is 25.0 Å². The predicted octanol–water partition coefficient (Wildman–Crippen LogP) is 2.86.